The number of nitrogens with zero attached hydrogens (tertiary/aromatic N) is 3. The second-order valence-corrected chi connectivity index (χ2v) is 5.75. The fourth-order valence-electron chi connectivity index (χ4n) is 2.54. The van der Waals surface area contributed by atoms with Crippen molar-refractivity contribution in [3.05, 3.63) is 29.9 Å². The topological polar surface area (TPSA) is 21.1 Å². The predicted octanol–water partition coefficient (Wildman–Crippen LogP) is 2.56. The van der Waals surface area contributed by atoms with Gasteiger partial charge in [0.2, 0.25) is 0 Å². The van der Waals surface area contributed by atoms with Gasteiger partial charge >= 0.3 is 0 Å². The second kappa shape index (κ2) is 4.63. The standard InChI is InChI=1S/C13H17N3S/c1-15-6-4-11(9-15)10-16-7-5-14-13(16)12-3-2-8-17-12/h2-3,5,7-8,11H,4,6,9-10H2,1H3. The van der Waals surface area contributed by atoms with Crippen LogP contribution in [0.25, 0.3) is 10.7 Å². The van der Waals surface area contributed by atoms with Gasteiger partial charge in [-0.15, -0.1) is 11.3 Å². The van der Waals surface area contributed by atoms with Gasteiger partial charge in [0.25, 0.3) is 0 Å². The fourth-order valence-corrected chi connectivity index (χ4v) is 3.28. The van der Waals surface area contributed by atoms with Crippen LogP contribution in [0.5, 0.6) is 0 Å². The van der Waals surface area contributed by atoms with Crippen LogP contribution in [0, 0.1) is 5.92 Å². The third-order valence-corrected chi connectivity index (χ3v) is 4.27. The van der Waals surface area contributed by atoms with Crippen molar-refractivity contribution in [2.24, 2.45) is 5.92 Å². The van der Waals surface area contributed by atoms with Gasteiger partial charge in [-0.3, -0.25) is 0 Å². The average Bonchev–Trinajstić information content (AvgIpc) is 3.00. The zero-order valence-corrected chi connectivity index (χ0v) is 10.9. The Morgan fingerprint density at radius 1 is 1.53 bits per heavy atom. The minimum atomic E-state index is 0.771. The third-order valence-electron chi connectivity index (χ3n) is 3.40. The van der Waals surface area contributed by atoms with Gasteiger partial charge in [-0.1, -0.05) is 6.07 Å². The van der Waals surface area contributed by atoms with E-state index >= 15 is 0 Å². The molecular formula is C13H17N3S. The second-order valence-electron chi connectivity index (χ2n) is 4.80. The Kier molecular flexibility index (Phi) is 2.99. The molecule has 0 spiro atoms. The number of thiophene rings is 1. The summed E-state index contributed by atoms with van der Waals surface area (Å²) in [6.07, 6.45) is 5.32. The van der Waals surface area contributed by atoms with E-state index in [1.165, 1.54) is 24.4 Å². The SMILES string of the molecule is CN1CCC(Cn2ccnc2-c2cccs2)C1. The number of imidazole rings is 1. The highest BCUT2D eigenvalue weighted by Crippen LogP contribution is 2.25. The molecule has 1 aliphatic rings. The molecule has 0 bridgehead atoms. The molecule has 0 amide bonds. The van der Waals surface area contributed by atoms with Crippen LogP contribution in [-0.2, 0) is 6.54 Å². The molecule has 2 aromatic heterocycles. The lowest BCUT2D eigenvalue weighted by molar-refractivity contribution is 0.379. The molecule has 90 valence electrons. The quantitative estimate of drug-likeness (QED) is 0.831. The number of likely N-dealkylation sites (tertiary alicyclic amines) is 1. The summed E-state index contributed by atoms with van der Waals surface area (Å²) in [6.45, 7) is 3.54. The zero-order chi connectivity index (χ0) is 11.7. The minimum Gasteiger partial charge on any atom is -0.330 e. The molecule has 0 aliphatic carbocycles. The van der Waals surface area contributed by atoms with Crippen molar-refractivity contribution in [1.29, 1.82) is 0 Å². The van der Waals surface area contributed by atoms with Crippen LogP contribution in [0.3, 0.4) is 0 Å². The largest absolute Gasteiger partial charge is 0.330 e. The number of hydrogen-bond acceptors (Lipinski definition) is 3. The lowest BCUT2D eigenvalue weighted by Crippen LogP contribution is -2.17. The molecule has 17 heavy (non-hydrogen) atoms. The Hall–Kier alpha value is -1.13. The van der Waals surface area contributed by atoms with Crippen LogP contribution in [0.2, 0.25) is 0 Å². The van der Waals surface area contributed by atoms with Gasteiger partial charge in [-0.25, -0.2) is 4.98 Å². The summed E-state index contributed by atoms with van der Waals surface area (Å²) in [4.78, 5) is 8.15. The van der Waals surface area contributed by atoms with Gasteiger partial charge in [0.15, 0.2) is 0 Å². The highest BCUT2D eigenvalue weighted by Gasteiger charge is 2.20. The molecule has 4 heteroatoms. The van der Waals surface area contributed by atoms with E-state index in [4.69, 9.17) is 0 Å². The summed E-state index contributed by atoms with van der Waals surface area (Å²) in [5.74, 6) is 1.89. The van der Waals surface area contributed by atoms with Gasteiger partial charge in [0, 0.05) is 25.5 Å². The lowest BCUT2D eigenvalue weighted by atomic mass is 10.1. The Labute approximate surface area is 106 Å². The molecule has 2 aromatic rings. The first-order valence-corrected chi connectivity index (χ1v) is 6.94. The number of rotatable bonds is 3. The van der Waals surface area contributed by atoms with Crippen molar-refractivity contribution in [3.63, 3.8) is 0 Å². The van der Waals surface area contributed by atoms with Gasteiger partial charge < -0.3 is 9.47 Å². The monoisotopic (exact) mass is 247 g/mol. The number of hydrogen-bond donors (Lipinski definition) is 0. The highest BCUT2D eigenvalue weighted by molar-refractivity contribution is 7.13. The third kappa shape index (κ3) is 2.28. The van der Waals surface area contributed by atoms with E-state index in [0.717, 1.165) is 18.3 Å². The molecular weight excluding hydrogens is 230 g/mol. The summed E-state index contributed by atoms with van der Waals surface area (Å²) in [7, 11) is 2.20. The molecule has 0 N–H and O–H groups in total. The molecule has 1 aliphatic heterocycles. The van der Waals surface area contributed by atoms with Crippen LogP contribution < -0.4 is 0 Å². The van der Waals surface area contributed by atoms with Crippen molar-refractivity contribution in [1.82, 2.24) is 14.5 Å². The van der Waals surface area contributed by atoms with E-state index in [9.17, 15) is 0 Å². The molecule has 3 rings (SSSR count). The van der Waals surface area contributed by atoms with Crippen LogP contribution in [-0.4, -0.2) is 34.6 Å². The normalized spacial score (nSPS) is 21.1. The van der Waals surface area contributed by atoms with E-state index in [2.05, 4.69) is 45.2 Å². The predicted molar refractivity (Wildman–Crippen MR) is 71.1 cm³/mol. The number of aromatic nitrogens is 2. The Morgan fingerprint density at radius 3 is 3.18 bits per heavy atom. The minimum absolute atomic E-state index is 0.771. The van der Waals surface area contributed by atoms with Gasteiger partial charge in [0.05, 0.1) is 4.88 Å². The molecule has 0 aromatic carbocycles. The van der Waals surface area contributed by atoms with Crippen LogP contribution in [0.1, 0.15) is 6.42 Å². The lowest BCUT2D eigenvalue weighted by Gasteiger charge is -2.13. The maximum Gasteiger partial charge on any atom is 0.149 e. The molecule has 1 saturated heterocycles. The maximum atomic E-state index is 4.48. The van der Waals surface area contributed by atoms with Crippen LogP contribution >= 0.6 is 11.3 Å². The van der Waals surface area contributed by atoms with Crippen LogP contribution in [0.4, 0.5) is 0 Å². The van der Waals surface area contributed by atoms with Crippen molar-refractivity contribution in [2.45, 2.75) is 13.0 Å². The summed E-state index contributed by atoms with van der Waals surface area (Å²) in [5, 5.41) is 2.11. The fraction of sp³-hybridized carbons (Fsp3) is 0.462. The summed E-state index contributed by atoms with van der Waals surface area (Å²) in [5.41, 5.74) is 0. The molecule has 0 radical (unpaired) electrons. The van der Waals surface area contributed by atoms with Crippen molar-refractivity contribution >= 4 is 11.3 Å². The molecule has 0 saturated carbocycles. The molecule has 1 atom stereocenters. The Balaban J connectivity index is 1.78. The zero-order valence-electron chi connectivity index (χ0n) is 10.0. The molecule has 1 fully saturated rings. The first-order valence-electron chi connectivity index (χ1n) is 6.06. The van der Waals surface area contributed by atoms with Gasteiger partial charge in [0.1, 0.15) is 5.82 Å². The molecule has 1 unspecified atom stereocenters. The maximum absolute atomic E-state index is 4.48. The van der Waals surface area contributed by atoms with Gasteiger partial charge in [-0.2, -0.15) is 0 Å². The van der Waals surface area contributed by atoms with Crippen molar-refractivity contribution in [2.75, 3.05) is 20.1 Å². The van der Waals surface area contributed by atoms with E-state index in [1.54, 1.807) is 11.3 Å². The van der Waals surface area contributed by atoms with E-state index in [-0.39, 0.29) is 0 Å². The smallest absolute Gasteiger partial charge is 0.149 e. The van der Waals surface area contributed by atoms with Crippen molar-refractivity contribution < 1.29 is 0 Å². The first-order chi connectivity index (χ1) is 8.33. The van der Waals surface area contributed by atoms with Gasteiger partial charge in [-0.05, 0) is 37.4 Å². The van der Waals surface area contributed by atoms with Crippen LogP contribution in [0.15, 0.2) is 29.9 Å². The van der Waals surface area contributed by atoms with E-state index in [1.807, 2.05) is 6.20 Å². The first kappa shape index (κ1) is 11.0. The summed E-state index contributed by atoms with van der Waals surface area (Å²) < 4.78 is 2.30. The van der Waals surface area contributed by atoms with Crippen molar-refractivity contribution in [3.8, 4) is 10.7 Å². The summed E-state index contributed by atoms with van der Waals surface area (Å²) >= 11 is 1.76. The highest BCUT2D eigenvalue weighted by atomic mass is 32.1. The Morgan fingerprint density at radius 2 is 2.47 bits per heavy atom. The average molecular weight is 247 g/mol. The molecule has 3 nitrogen and oxygen atoms in total. The molecule has 3 heterocycles. The van der Waals surface area contributed by atoms with E-state index in [0.29, 0.717) is 0 Å². The Bertz CT molecular complexity index is 475. The van der Waals surface area contributed by atoms with E-state index < -0.39 is 0 Å². The summed E-state index contributed by atoms with van der Waals surface area (Å²) in [6, 6.07) is 4.23.